The first kappa shape index (κ1) is 9.97. The van der Waals surface area contributed by atoms with Gasteiger partial charge in [-0.25, -0.2) is 4.79 Å². The zero-order valence-corrected chi connectivity index (χ0v) is 8.99. The molecule has 2 rings (SSSR count). The van der Waals surface area contributed by atoms with Crippen LogP contribution in [0.1, 0.15) is 29.2 Å². The molecule has 0 spiro atoms. The molecule has 1 heterocycles. The molecule has 0 bridgehead atoms. The van der Waals surface area contributed by atoms with Crippen molar-refractivity contribution in [2.45, 2.75) is 26.4 Å². The molecule has 0 saturated heterocycles. The van der Waals surface area contributed by atoms with Gasteiger partial charge in [0.1, 0.15) is 6.10 Å². The summed E-state index contributed by atoms with van der Waals surface area (Å²) < 4.78 is 5.24. The molecule has 0 N–H and O–H groups in total. The lowest BCUT2D eigenvalue weighted by molar-refractivity contribution is -0.144. The minimum absolute atomic E-state index is 0.109. The molecule has 78 valence electrons. The van der Waals surface area contributed by atoms with Gasteiger partial charge >= 0.3 is 5.97 Å². The van der Waals surface area contributed by atoms with Gasteiger partial charge in [-0.1, -0.05) is 24.3 Å². The highest BCUT2D eigenvalue weighted by molar-refractivity contribution is 5.82. The van der Waals surface area contributed by atoms with Crippen molar-refractivity contribution in [3.63, 3.8) is 0 Å². The highest BCUT2D eigenvalue weighted by Gasteiger charge is 2.17. The highest BCUT2D eigenvalue weighted by Crippen LogP contribution is 2.26. The molecule has 2 nitrogen and oxygen atoms in total. The van der Waals surface area contributed by atoms with Gasteiger partial charge in [0, 0.05) is 12.5 Å². The van der Waals surface area contributed by atoms with Gasteiger partial charge in [0.05, 0.1) is 0 Å². The van der Waals surface area contributed by atoms with Crippen LogP contribution in [0.4, 0.5) is 0 Å². The lowest BCUT2D eigenvalue weighted by Crippen LogP contribution is -2.12. The maximum Gasteiger partial charge on any atom is 0.331 e. The molecular formula is C13H14O2. The normalized spacial score (nSPS) is 20.1. The number of aryl methyl sites for hydroxylation is 2. The molecule has 1 aliphatic heterocycles. The molecule has 0 radical (unpaired) electrons. The molecule has 0 saturated carbocycles. The Morgan fingerprint density at radius 3 is 2.73 bits per heavy atom. The van der Waals surface area contributed by atoms with Gasteiger partial charge in [-0.15, -0.1) is 0 Å². The van der Waals surface area contributed by atoms with E-state index in [0.29, 0.717) is 0 Å². The first-order chi connectivity index (χ1) is 7.16. The molecule has 1 aromatic carbocycles. The highest BCUT2D eigenvalue weighted by atomic mass is 16.5. The summed E-state index contributed by atoms with van der Waals surface area (Å²) in [6, 6.07) is 6.18. The average molecular weight is 202 g/mol. The molecule has 0 amide bonds. The predicted molar refractivity (Wildman–Crippen MR) is 58.5 cm³/mol. The quantitative estimate of drug-likeness (QED) is 0.654. The van der Waals surface area contributed by atoms with Gasteiger partial charge in [0.2, 0.25) is 0 Å². The second kappa shape index (κ2) is 3.89. The van der Waals surface area contributed by atoms with Crippen molar-refractivity contribution >= 4 is 5.97 Å². The molecule has 1 aliphatic rings. The standard InChI is InChI=1S/C13H14O2/c1-9-6-7-11(8-10(9)2)12-4-3-5-13(14)15-12/h3,5-8,12H,4H2,1-2H3. The lowest BCUT2D eigenvalue weighted by atomic mass is 10.00. The van der Waals surface area contributed by atoms with Crippen LogP contribution in [-0.2, 0) is 9.53 Å². The van der Waals surface area contributed by atoms with Crippen LogP contribution in [0.25, 0.3) is 0 Å². The molecule has 0 aromatic heterocycles. The van der Waals surface area contributed by atoms with Crippen molar-refractivity contribution in [2.75, 3.05) is 0 Å². The van der Waals surface area contributed by atoms with Crippen LogP contribution in [0.15, 0.2) is 30.4 Å². The third-order valence-electron chi connectivity index (χ3n) is 2.77. The largest absolute Gasteiger partial charge is 0.454 e. The molecule has 1 unspecified atom stereocenters. The van der Waals surface area contributed by atoms with E-state index in [1.807, 2.05) is 12.1 Å². The summed E-state index contributed by atoms with van der Waals surface area (Å²) in [7, 11) is 0. The SMILES string of the molecule is Cc1ccc(C2CC=CC(=O)O2)cc1C. The summed E-state index contributed by atoms with van der Waals surface area (Å²) in [6.45, 7) is 4.14. The van der Waals surface area contributed by atoms with Gasteiger partial charge in [-0.05, 0) is 30.5 Å². The average Bonchev–Trinajstić information content (AvgIpc) is 2.22. The number of carbonyl (C=O) groups excluding carboxylic acids is 1. The van der Waals surface area contributed by atoms with Crippen LogP contribution in [-0.4, -0.2) is 5.97 Å². The molecule has 1 aromatic rings. The van der Waals surface area contributed by atoms with E-state index >= 15 is 0 Å². The van der Waals surface area contributed by atoms with Crippen molar-refractivity contribution in [3.8, 4) is 0 Å². The van der Waals surface area contributed by atoms with E-state index in [0.717, 1.165) is 12.0 Å². The zero-order chi connectivity index (χ0) is 10.8. The van der Waals surface area contributed by atoms with Gasteiger partial charge in [0.15, 0.2) is 0 Å². The topological polar surface area (TPSA) is 26.3 Å². The first-order valence-corrected chi connectivity index (χ1v) is 5.11. The Morgan fingerprint density at radius 2 is 2.07 bits per heavy atom. The Hall–Kier alpha value is -1.57. The fourth-order valence-corrected chi connectivity index (χ4v) is 1.68. The summed E-state index contributed by atoms with van der Waals surface area (Å²) in [5.74, 6) is -0.246. The molecular weight excluding hydrogens is 188 g/mol. The number of carbonyl (C=O) groups is 1. The van der Waals surface area contributed by atoms with Crippen molar-refractivity contribution in [1.29, 1.82) is 0 Å². The molecule has 2 heteroatoms. The van der Waals surface area contributed by atoms with E-state index in [1.54, 1.807) is 0 Å². The van der Waals surface area contributed by atoms with Crippen molar-refractivity contribution in [1.82, 2.24) is 0 Å². The first-order valence-electron chi connectivity index (χ1n) is 5.11. The Bertz CT molecular complexity index is 419. The van der Waals surface area contributed by atoms with E-state index in [1.165, 1.54) is 17.2 Å². The Balaban J connectivity index is 2.26. The number of hydrogen-bond acceptors (Lipinski definition) is 2. The Labute approximate surface area is 89.6 Å². The van der Waals surface area contributed by atoms with Crippen LogP contribution in [0, 0.1) is 13.8 Å². The second-order valence-electron chi connectivity index (χ2n) is 3.91. The van der Waals surface area contributed by atoms with Crippen molar-refractivity contribution in [2.24, 2.45) is 0 Å². The maximum atomic E-state index is 11.1. The number of ether oxygens (including phenoxy) is 1. The summed E-state index contributed by atoms with van der Waals surface area (Å²) in [5, 5.41) is 0. The third kappa shape index (κ3) is 2.09. The monoisotopic (exact) mass is 202 g/mol. The summed E-state index contributed by atoms with van der Waals surface area (Å²) in [6.07, 6.45) is 4.01. The fraction of sp³-hybridized carbons (Fsp3) is 0.308. The maximum absolute atomic E-state index is 11.1. The van der Waals surface area contributed by atoms with Gasteiger partial charge in [-0.2, -0.15) is 0 Å². The number of rotatable bonds is 1. The van der Waals surface area contributed by atoms with Gasteiger partial charge in [0.25, 0.3) is 0 Å². The molecule has 1 atom stereocenters. The molecule has 15 heavy (non-hydrogen) atoms. The Morgan fingerprint density at radius 1 is 1.27 bits per heavy atom. The third-order valence-corrected chi connectivity index (χ3v) is 2.77. The van der Waals surface area contributed by atoms with Crippen molar-refractivity contribution < 1.29 is 9.53 Å². The van der Waals surface area contributed by atoms with E-state index in [4.69, 9.17) is 4.74 Å². The van der Waals surface area contributed by atoms with Crippen LogP contribution >= 0.6 is 0 Å². The fourth-order valence-electron chi connectivity index (χ4n) is 1.68. The van der Waals surface area contributed by atoms with E-state index in [9.17, 15) is 4.79 Å². The zero-order valence-electron chi connectivity index (χ0n) is 8.99. The van der Waals surface area contributed by atoms with E-state index in [-0.39, 0.29) is 12.1 Å². The number of hydrogen-bond donors (Lipinski definition) is 0. The smallest absolute Gasteiger partial charge is 0.331 e. The van der Waals surface area contributed by atoms with Crippen LogP contribution in [0.5, 0.6) is 0 Å². The minimum atomic E-state index is -0.246. The number of cyclic esters (lactones) is 1. The summed E-state index contributed by atoms with van der Waals surface area (Å²) >= 11 is 0. The summed E-state index contributed by atoms with van der Waals surface area (Å²) in [4.78, 5) is 11.1. The Kier molecular flexibility index (Phi) is 2.58. The summed E-state index contributed by atoms with van der Waals surface area (Å²) in [5.41, 5.74) is 3.57. The van der Waals surface area contributed by atoms with Crippen LogP contribution < -0.4 is 0 Å². The van der Waals surface area contributed by atoms with Gasteiger partial charge < -0.3 is 4.74 Å². The van der Waals surface area contributed by atoms with Crippen molar-refractivity contribution in [3.05, 3.63) is 47.0 Å². The lowest BCUT2D eigenvalue weighted by Gasteiger charge is -2.19. The number of benzene rings is 1. The predicted octanol–water partition coefficient (Wildman–Crippen LogP) is 2.85. The molecule has 0 aliphatic carbocycles. The van der Waals surface area contributed by atoms with E-state index < -0.39 is 0 Å². The van der Waals surface area contributed by atoms with Gasteiger partial charge in [-0.3, -0.25) is 0 Å². The minimum Gasteiger partial charge on any atom is -0.454 e. The van der Waals surface area contributed by atoms with Crippen LogP contribution in [0.3, 0.4) is 0 Å². The second-order valence-corrected chi connectivity index (χ2v) is 3.91. The number of esters is 1. The molecule has 0 fully saturated rings. The van der Waals surface area contributed by atoms with Crippen LogP contribution in [0.2, 0.25) is 0 Å². The van der Waals surface area contributed by atoms with E-state index in [2.05, 4.69) is 26.0 Å².